The largest absolute Gasteiger partial charge is 0.314 e. The molecule has 0 spiro atoms. The van der Waals surface area contributed by atoms with Crippen molar-refractivity contribution < 1.29 is 0 Å². The second kappa shape index (κ2) is 6.25. The highest BCUT2D eigenvalue weighted by Crippen LogP contribution is 2.43. The molecule has 2 aliphatic rings. The van der Waals surface area contributed by atoms with E-state index in [9.17, 15) is 0 Å². The molecule has 0 saturated heterocycles. The van der Waals surface area contributed by atoms with Crippen LogP contribution in [0.1, 0.15) is 50.5 Å². The minimum atomic E-state index is 0.552. The molecular formula is C17H23Cl2N. The van der Waals surface area contributed by atoms with Crippen LogP contribution in [0.25, 0.3) is 0 Å². The molecule has 1 aromatic rings. The van der Waals surface area contributed by atoms with Gasteiger partial charge in [0.05, 0.1) is 0 Å². The lowest BCUT2D eigenvalue weighted by atomic mass is 9.71. The van der Waals surface area contributed by atoms with Crippen molar-refractivity contribution in [3.63, 3.8) is 0 Å². The molecule has 3 heteroatoms. The van der Waals surface area contributed by atoms with Crippen molar-refractivity contribution in [2.24, 2.45) is 11.8 Å². The smallest absolute Gasteiger partial charge is 0.0441 e. The second-order valence-electron chi connectivity index (χ2n) is 6.63. The maximum Gasteiger partial charge on any atom is 0.0441 e. The third kappa shape index (κ3) is 3.50. The Balaban J connectivity index is 1.78. The average molecular weight is 312 g/mol. The lowest BCUT2D eigenvalue weighted by Crippen LogP contribution is -2.32. The van der Waals surface area contributed by atoms with Crippen LogP contribution in [0.15, 0.2) is 18.2 Å². The Morgan fingerprint density at radius 3 is 2.70 bits per heavy atom. The van der Waals surface area contributed by atoms with E-state index in [2.05, 4.69) is 18.3 Å². The lowest BCUT2D eigenvalue weighted by molar-refractivity contribution is 0.241. The van der Waals surface area contributed by atoms with Gasteiger partial charge in [0.2, 0.25) is 0 Å². The van der Waals surface area contributed by atoms with Gasteiger partial charge in [0, 0.05) is 16.1 Å². The summed E-state index contributed by atoms with van der Waals surface area (Å²) in [6.45, 7) is 3.49. The minimum absolute atomic E-state index is 0.552. The van der Waals surface area contributed by atoms with Gasteiger partial charge >= 0.3 is 0 Å². The molecule has 1 nitrogen and oxygen atoms in total. The van der Waals surface area contributed by atoms with E-state index in [0.717, 1.165) is 28.5 Å². The predicted octanol–water partition coefficient (Wildman–Crippen LogP) is 5.27. The van der Waals surface area contributed by atoms with Crippen molar-refractivity contribution in [2.75, 3.05) is 6.54 Å². The van der Waals surface area contributed by atoms with Crippen molar-refractivity contribution in [2.45, 2.75) is 51.0 Å². The van der Waals surface area contributed by atoms with Gasteiger partial charge in [0.25, 0.3) is 0 Å². The third-order valence-corrected chi connectivity index (χ3v) is 5.44. The van der Waals surface area contributed by atoms with E-state index < -0.39 is 0 Å². The first-order chi connectivity index (χ1) is 9.63. The van der Waals surface area contributed by atoms with E-state index in [1.807, 2.05) is 12.1 Å². The summed E-state index contributed by atoms with van der Waals surface area (Å²) in [5, 5.41) is 5.38. The zero-order valence-electron chi connectivity index (χ0n) is 12.0. The van der Waals surface area contributed by atoms with Gasteiger partial charge in [0.1, 0.15) is 0 Å². The summed E-state index contributed by atoms with van der Waals surface area (Å²) < 4.78 is 0. The van der Waals surface area contributed by atoms with Crippen molar-refractivity contribution in [1.29, 1.82) is 0 Å². The SMILES string of the molecule is CC1CCC(CNC2CC2)C(c2cc(Cl)ccc2Cl)C1. The van der Waals surface area contributed by atoms with Crippen LogP contribution in [0, 0.1) is 11.8 Å². The van der Waals surface area contributed by atoms with E-state index in [4.69, 9.17) is 23.2 Å². The molecule has 0 aliphatic heterocycles. The third-order valence-electron chi connectivity index (χ3n) is 4.86. The monoisotopic (exact) mass is 311 g/mol. The molecule has 2 saturated carbocycles. The van der Waals surface area contributed by atoms with E-state index >= 15 is 0 Å². The molecule has 1 N–H and O–H groups in total. The van der Waals surface area contributed by atoms with Crippen LogP contribution in [-0.4, -0.2) is 12.6 Å². The Kier molecular flexibility index (Phi) is 4.59. The van der Waals surface area contributed by atoms with Crippen LogP contribution in [0.5, 0.6) is 0 Å². The summed E-state index contributed by atoms with van der Waals surface area (Å²) in [4.78, 5) is 0. The van der Waals surface area contributed by atoms with Crippen LogP contribution >= 0.6 is 23.2 Å². The lowest BCUT2D eigenvalue weighted by Gasteiger charge is -2.36. The van der Waals surface area contributed by atoms with Gasteiger partial charge in [-0.1, -0.05) is 36.5 Å². The quantitative estimate of drug-likeness (QED) is 0.799. The summed E-state index contributed by atoms with van der Waals surface area (Å²) in [7, 11) is 0. The van der Waals surface area contributed by atoms with Gasteiger partial charge in [-0.3, -0.25) is 0 Å². The van der Waals surface area contributed by atoms with Crippen molar-refractivity contribution in [3.8, 4) is 0 Å². The van der Waals surface area contributed by atoms with Gasteiger partial charge in [0.15, 0.2) is 0 Å². The fourth-order valence-electron chi connectivity index (χ4n) is 3.47. The van der Waals surface area contributed by atoms with E-state index in [1.54, 1.807) is 0 Å². The molecule has 3 atom stereocenters. The Morgan fingerprint density at radius 2 is 1.95 bits per heavy atom. The average Bonchev–Trinajstić information content (AvgIpc) is 3.24. The summed E-state index contributed by atoms with van der Waals surface area (Å²) in [6, 6.07) is 6.70. The molecule has 0 bridgehead atoms. The van der Waals surface area contributed by atoms with E-state index in [0.29, 0.717) is 11.8 Å². The zero-order valence-corrected chi connectivity index (χ0v) is 13.6. The molecule has 20 heavy (non-hydrogen) atoms. The molecule has 2 aliphatic carbocycles. The normalized spacial score (nSPS) is 30.4. The van der Waals surface area contributed by atoms with Gasteiger partial charge < -0.3 is 5.32 Å². The Labute approximate surface area is 132 Å². The Hall–Kier alpha value is -0.240. The molecule has 0 amide bonds. The van der Waals surface area contributed by atoms with Gasteiger partial charge in [-0.05, 0) is 73.7 Å². The number of rotatable bonds is 4. The minimum Gasteiger partial charge on any atom is -0.314 e. The first-order valence-corrected chi connectivity index (χ1v) is 8.57. The van der Waals surface area contributed by atoms with Gasteiger partial charge in [-0.25, -0.2) is 0 Å². The first-order valence-electron chi connectivity index (χ1n) is 7.82. The zero-order chi connectivity index (χ0) is 14.1. The molecule has 110 valence electrons. The molecular weight excluding hydrogens is 289 g/mol. The van der Waals surface area contributed by atoms with Crippen LogP contribution in [0.2, 0.25) is 10.0 Å². The van der Waals surface area contributed by atoms with Crippen LogP contribution in [0.4, 0.5) is 0 Å². The summed E-state index contributed by atoms with van der Waals surface area (Å²) in [6.07, 6.45) is 6.58. The topological polar surface area (TPSA) is 12.0 Å². The Morgan fingerprint density at radius 1 is 1.15 bits per heavy atom. The first kappa shape index (κ1) is 14.7. The standard InChI is InChI=1S/C17H23Cl2N/c1-11-2-3-12(10-20-14-5-6-14)15(8-11)16-9-13(18)4-7-17(16)19/h4,7,9,11-12,14-15,20H,2-3,5-6,8,10H2,1H3. The molecule has 0 radical (unpaired) electrons. The van der Waals surface area contributed by atoms with E-state index in [1.165, 1.54) is 37.7 Å². The predicted molar refractivity (Wildman–Crippen MR) is 86.7 cm³/mol. The highest BCUT2D eigenvalue weighted by molar-refractivity contribution is 6.33. The molecule has 0 aromatic heterocycles. The second-order valence-corrected chi connectivity index (χ2v) is 7.48. The summed E-state index contributed by atoms with van der Waals surface area (Å²) in [5.41, 5.74) is 1.26. The summed E-state index contributed by atoms with van der Waals surface area (Å²) in [5.74, 6) is 2.03. The molecule has 2 fully saturated rings. The number of hydrogen-bond acceptors (Lipinski definition) is 1. The van der Waals surface area contributed by atoms with Crippen molar-refractivity contribution in [1.82, 2.24) is 5.32 Å². The van der Waals surface area contributed by atoms with Crippen LogP contribution < -0.4 is 5.32 Å². The fourth-order valence-corrected chi connectivity index (χ4v) is 3.91. The maximum absolute atomic E-state index is 6.44. The van der Waals surface area contributed by atoms with Crippen molar-refractivity contribution in [3.05, 3.63) is 33.8 Å². The highest BCUT2D eigenvalue weighted by Gasteiger charge is 2.32. The molecule has 1 aromatic carbocycles. The van der Waals surface area contributed by atoms with Gasteiger partial charge in [-0.15, -0.1) is 0 Å². The Bertz CT molecular complexity index is 470. The highest BCUT2D eigenvalue weighted by atomic mass is 35.5. The maximum atomic E-state index is 6.44. The number of benzene rings is 1. The van der Waals surface area contributed by atoms with Crippen LogP contribution in [0.3, 0.4) is 0 Å². The molecule has 3 unspecified atom stereocenters. The molecule has 0 heterocycles. The number of nitrogens with one attached hydrogen (secondary N) is 1. The number of hydrogen-bond donors (Lipinski definition) is 1. The van der Waals surface area contributed by atoms with E-state index in [-0.39, 0.29) is 0 Å². The summed E-state index contributed by atoms with van der Waals surface area (Å²) >= 11 is 12.6. The fraction of sp³-hybridized carbons (Fsp3) is 0.647. The number of halogens is 2. The molecule has 3 rings (SSSR count). The van der Waals surface area contributed by atoms with Crippen LogP contribution in [-0.2, 0) is 0 Å². The van der Waals surface area contributed by atoms with Crippen molar-refractivity contribution >= 4 is 23.2 Å². The van der Waals surface area contributed by atoms with Gasteiger partial charge in [-0.2, -0.15) is 0 Å².